The molecule has 0 bridgehead atoms. The topological polar surface area (TPSA) is 78.4 Å². The first-order chi connectivity index (χ1) is 8.21. The summed E-state index contributed by atoms with van der Waals surface area (Å²) in [5.74, 6) is -0.341. The van der Waals surface area contributed by atoms with Gasteiger partial charge in [-0.25, -0.2) is 4.79 Å². The summed E-state index contributed by atoms with van der Waals surface area (Å²) >= 11 is 0. The van der Waals surface area contributed by atoms with Gasteiger partial charge in [-0.15, -0.1) is 0 Å². The number of carboxylic acids is 1. The molecule has 0 spiro atoms. The van der Waals surface area contributed by atoms with Crippen LogP contribution in [0.4, 0.5) is 4.79 Å². The maximum Gasteiger partial charge on any atom is 0.315 e. The molecule has 3 N–H and O–H groups in total. The Morgan fingerprint density at radius 2 is 1.83 bits per heavy atom. The molecule has 0 radical (unpaired) electrons. The summed E-state index contributed by atoms with van der Waals surface area (Å²) in [6, 6.07) is -0.284. The molecular formula is C13H24N2O3. The molecule has 5 nitrogen and oxygen atoms in total. The van der Waals surface area contributed by atoms with Crippen molar-refractivity contribution in [3.63, 3.8) is 0 Å². The van der Waals surface area contributed by atoms with Crippen molar-refractivity contribution in [1.29, 1.82) is 0 Å². The monoisotopic (exact) mass is 256 g/mol. The normalized spacial score (nSPS) is 18.9. The summed E-state index contributed by atoms with van der Waals surface area (Å²) in [7, 11) is 0. The van der Waals surface area contributed by atoms with Crippen LogP contribution in [0.25, 0.3) is 0 Å². The lowest BCUT2D eigenvalue weighted by atomic mass is 9.88. The molecule has 1 aliphatic carbocycles. The van der Waals surface area contributed by atoms with Gasteiger partial charge in [-0.1, -0.05) is 6.92 Å². The van der Waals surface area contributed by atoms with Gasteiger partial charge in [0, 0.05) is 12.1 Å². The second-order valence-corrected chi connectivity index (χ2v) is 6.02. The summed E-state index contributed by atoms with van der Waals surface area (Å²) in [6.45, 7) is 7.59. The second kappa shape index (κ2) is 5.16. The number of nitrogens with one attached hydrogen (secondary N) is 2. The predicted octanol–water partition coefficient (Wildman–Crippen LogP) is 1.98. The SMILES string of the molecule is CCC(C)(CNC(=O)NC(C)(C)C1CC1)C(=O)O. The number of rotatable bonds is 6. The molecule has 1 aliphatic rings. The van der Waals surface area contributed by atoms with E-state index >= 15 is 0 Å². The lowest BCUT2D eigenvalue weighted by molar-refractivity contribution is -0.147. The molecule has 104 valence electrons. The summed E-state index contributed by atoms with van der Waals surface area (Å²) in [5, 5.41) is 14.7. The minimum Gasteiger partial charge on any atom is -0.481 e. The van der Waals surface area contributed by atoms with E-state index in [0.29, 0.717) is 12.3 Å². The lowest BCUT2D eigenvalue weighted by Crippen LogP contribution is -2.52. The van der Waals surface area contributed by atoms with Gasteiger partial charge in [0.2, 0.25) is 0 Å². The van der Waals surface area contributed by atoms with Gasteiger partial charge >= 0.3 is 12.0 Å². The molecule has 0 saturated heterocycles. The third kappa shape index (κ3) is 3.62. The molecule has 1 saturated carbocycles. The Morgan fingerprint density at radius 3 is 2.22 bits per heavy atom. The van der Waals surface area contributed by atoms with Crippen LogP contribution in [0, 0.1) is 11.3 Å². The highest BCUT2D eigenvalue weighted by atomic mass is 16.4. The highest BCUT2D eigenvalue weighted by Crippen LogP contribution is 2.39. The van der Waals surface area contributed by atoms with E-state index in [1.165, 1.54) is 0 Å². The molecule has 0 aromatic rings. The van der Waals surface area contributed by atoms with E-state index in [1.807, 2.05) is 20.8 Å². The number of urea groups is 1. The molecule has 0 heterocycles. The lowest BCUT2D eigenvalue weighted by Gasteiger charge is -2.28. The molecular weight excluding hydrogens is 232 g/mol. The zero-order chi connectivity index (χ0) is 14.0. The summed E-state index contributed by atoms with van der Waals surface area (Å²) in [6.07, 6.45) is 2.78. The summed E-state index contributed by atoms with van der Waals surface area (Å²) in [4.78, 5) is 22.9. The van der Waals surface area contributed by atoms with Crippen molar-refractivity contribution in [3.05, 3.63) is 0 Å². The van der Waals surface area contributed by atoms with Gasteiger partial charge in [0.1, 0.15) is 0 Å². The number of hydrogen-bond donors (Lipinski definition) is 3. The molecule has 5 heteroatoms. The Balaban J connectivity index is 2.43. The van der Waals surface area contributed by atoms with E-state index in [2.05, 4.69) is 10.6 Å². The molecule has 1 unspecified atom stereocenters. The smallest absolute Gasteiger partial charge is 0.315 e. The van der Waals surface area contributed by atoms with Crippen LogP contribution in [0.15, 0.2) is 0 Å². The quantitative estimate of drug-likeness (QED) is 0.680. The van der Waals surface area contributed by atoms with Crippen molar-refractivity contribution in [2.24, 2.45) is 11.3 Å². The van der Waals surface area contributed by atoms with E-state index in [1.54, 1.807) is 6.92 Å². The average Bonchev–Trinajstić information content (AvgIpc) is 3.08. The van der Waals surface area contributed by atoms with Crippen LogP contribution in [0.2, 0.25) is 0 Å². The van der Waals surface area contributed by atoms with Crippen molar-refractivity contribution in [3.8, 4) is 0 Å². The maximum absolute atomic E-state index is 11.8. The largest absolute Gasteiger partial charge is 0.481 e. The minimum atomic E-state index is -0.902. The molecule has 1 atom stereocenters. The summed E-state index contributed by atoms with van der Waals surface area (Å²) in [5.41, 5.74) is -1.11. The molecule has 0 aromatic heterocycles. The standard InChI is InChI=1S/C13H24N2O3/c1-5-13(4,10(16)17)8-14-11(18)15-12(2,3)9-6-7-9/h9H,5-8H2,1-4H3,(H,16,17)(H2,14,15,18). The van der Waals surface area contributed by atoms with Gasteiger partial charge in [0.15, 0.2) is 0 Å². The van der Waals surface area contributed by atoms with Crippen LogP contribution in [0.3, 0.4) is 0 Å². The Bertz CT molecular complexity index is 337. The fourth-order valence-corrected chi connectivity index (χ4v) is 1.87. The highest BCUT2D eigenvalue weighted by Gasteiger charge is 2.39. The van der Waals surface area contributed by atoms with Gasteiger partial charge in [0.25, 0.3) is 0 Å². The van der Waals surface area contributed by atoms with Crippen LogP contribution in [-0.2, 0) is 4.79 Å². The number of carbonyl (C=O) groups is 2. The fraction of sp³-hybridized carbons (Fsp3) is 0.846. The van der Waals surface area contributed by atoms with Crippen molar-refractivity contribution in [2.45, 2.75) is 52.5 Å². The number of carboxylic acid groups (broad SMARTS) is 1. The number of hydrogen-bond acceptors (Lipinski definition) is 2. The Hall–Kier alpha value is -1.26. The van der Waals surface area contributed by atoms with E-state index < -0.39 is 11.4 Å². The van der Waals surface area contributed by atoms with Crippen molar-refractivity contribution in [1.82, 2.24) is 10.6 Å². The van der Waals surface area contributed by atoms with Gasteiger partial charge < -0.3 is 15.7 Å². The first-order valence-electron chi connectivity index (χ1n) is 6.50. The van der Waals surface area contributed by atoms with Gasteiger partial charge in [-0.3, -0.25) is 4.79 Å². The average molecular weight is 256 g/mol. The predicted molar refractivity (Wildman–Crippen MR) is 69.4 cm³/mol. The van der Waals surface area contributed by atoms with Gasteiger partial charge in [-0.2, -0.15) is 0 Å². The molecule has 1 fully saturated rings. The second-order valence-electron chi connectivity index (χ2n) is 6.02. The Morgan fingerprint density at radius 1 is 1.28 bits per heavy atom. The van der Waals surface area contributed by atoms with Crippen molar-refractivity contribution in [2.75, 3.05) is 6.54 Å². The van der Waals surface area contributed by atoms with Crippen molar-refractivity contribution < 1.29 is 14.7 Å². The zero-order valence-corrected chi connectivity index (χ0v) is 11.7. The van der Waals surface area contributed by atoms with Crippen LogP contribution < -0.4 is 10.6 Å². The summed E-state index contributed by atoms with van der Waals surface area (Å²) < 4.78 is 0. The van der Waals surface area contributed by atoms with Crippen LogP contribution in [-0.4, -0.2) is 29.2 Å². The third-order valence-corrected chi connectivity index (χ3v) is 3.97. The van der Waals surface area contributed by atoms with Gasteiger partial charge in [-0.05, 0) is 46.0 Å². The molecule has 18 heavy (non-hydrogen) atoms. The van der Waals surface area contributed by atoms with E-state index in [-0.39, 0.29) is 18.1 Å². The first-order valence-corrected chi connectivity index (χ1v) is 6.50. The molecule has 1 rings (SSSR count). The van der Waals surface area contributed by atoms with E-state index in [0.717, 1.165) is 12.8 Å². The van der Waals surface area contributed by atoms with E-state index in [4.69, 9.17) is 5.11 Å². The van der Waals surface area contributed by atoms with Crippen LogP contribution in [0.1, 0.15) is 47.0 Å². The van der Waals surface area contributed by atoms with Gasteiger partial charge in [0.05, 0.1) is 5.41 Å². The molecule has 0 aromatic carbocycles. The van der Waals surface area contributed by atoms with Crippen molar-refractivity contribution >= 4 is 12.0 Å². The number of amides is 2. The molecule has 0 aliphatic heterocycles. The van der Waals surface area contributed by atoms with E-state index in [9.17, 15) is 9.59 Å². The first kappa shape index (κ1) is 14.8. The van der Waals surface area contributed by atoms with Crippen LogP contribution >= 0.6 is 0 Å². The van der Waals surface area contributed by atoms with Crippen LogP contribution in [0.5, 0.6) is 0 Å². The molecule has 2 amide bonds. The number of aliphatic carboxylic acids is 1. The maximum atomic E-state index is 11.8. The zero-order valence-electron chi connectivity index (χ0n) is 11.7. The third-order valence-electron chi connectivity index (χ3n) is 3.97. The fourth-order valence-electron chi connectivity index (χ4n) is 1.87. The minimum absolute atomic E-state index is 0.144. The Labute approximate surface area is 108 Å². The highest BCUT2D eigenvalue weighted by molar-refractivity contribution is 5.78. The Kier molecular flexibility index (Phi) is 4.24. The number of carbonyl (C=O) groups excluding carboxylic acids is 1.